The molecule has 32 heavy (non-hydrogen) atoms. The van der Waals surface area contributed by atoms with Crippen LogP contribution in [-0.4, -0.2) is 39.6 Å². The van der Waals surface area contributed by atoms with Crippen molar-refractivity contribution in [1.82, 2.24) is 9.88 Å². The Morgan fingerprint density at radius 3 is 2.50 bits per heavy atom. The zero-order chi connectivity index (χ0) is 23.1. The number of hydrogen-bond donors (Lipinski definition) is 1. The molecule has 0 radical (unpaired) electrons. The van der Waals surface area contributed by atoms with Crippen LogP contribution < -0.4 is 0 Å². The molecule has 1 saturated heterocycles. The summed E-state index contributed by atoms with van der Waals surface area (Å²) in [5.41, 5.74) is 4.14. The second-order valence-corrected chi connectivity index (χ2v) is 11.2. The molecule has 2 aromatic heterocycles. The van der Waals surface area contributed by atoms with Crippen LogP contribution >= 0.6 is 22.9 Å². The van der Waals surface area contributed by atoms with Crippen molar-refractivity contribution >= 4 is 28.8 Å². The maximum absolute atomic E-state index is 12.9. The van der Waals surface area contributed by atoms with Gasteiger partial charge in [-0.25, -0.2) is 0 Å². The Bertz CT molecular complexity index is 1140. The number of nitrogens with zero attached hydrogens (tertiary/aromatic N) is 2. The lowest BCUT2D eigenvalue weighted by atomic mass is 9.90. The minimum Gasteiger partial charge on any atom is -0.390 e. The molecule has 0 unspecified atom stereocenters. The average molecular weight is 469 g/mol. The molecule has 4 nitrogen and oxygen atoms in total. The molecular formula is C26H29ClN2O2S. The summed E-state index contributed by atoms with van der Waals surface area (Å²) < 4.78 is 0. The smallest absolute Gasteiger partial charge is 0.253 e. The molecule has 1 aliphatic heterocycles. The fraction of sp³-hybridized carbons (Fsp3) is 0.385. The van der Waals surface area contributed by atoms with Crippen LogP contribution in [0, 0.1) is 0 Å². The lowest BCUT2D eigenvalue weighted by Gasteiger charge is -2.35. The van der Waals surface area contributed by atoms with Crippen molar-refractivity contribution in [2.75, 3.05) is 13.1 Å². The first-order valence-electron chi connectivity index (χ1n) is 10.9. The molecule has 0 bridgehead atoms. The number of hydrogen-bond acceptors (Lipinski definition) is 4. The van der Waals surface area contributed by atoms with Crippen molar-refractivity contribution < 1.29 is 9.90 Å². The molecule has 0 aliphatic carbocycles. The van der Waals surface area contributed by atoms with E-state index in [0.29, 0.717) is 36.5 Å². The molecule has 0 atom stereocenters. The molecule has 1 amide bonds. The molecule has 1 aromatic carbocycles. The van der Waals surface area contributed by atoms with Gasteiger partial charge in [-0.1, -0.05) is 38.4 Å². The highest BCUT2D eigenvalue weighted by Gasteiger charge is 2.30. The summed E-state index contributed by atoms with van der Waals surface area (Å²) in [6.07, 6.45) is 3.05. The lowest BCUT2D eigenvalue weighted by Crippen LogP contribution is -2.45. The van der Waals surface area contributed by atoms with Crippen LogP contribution in [0.15, 0.2) is 48.0 Å². The van der Waals surface area contributed by atoms with Gasteiger partial charge in [0.1, 0.15) is 0 Å². The van der Waals surface area contributed by atoms with E-state index >= 15 is 0 Å². The van der Waals surface area contributed by atoms with E-state index in [2.05, 4.69) is 43.3 Å². The van der Waals surface area contributed by atoms with E-state index in [0.717, 1.165) is 27.3 Å². The number of carbonyl (C=O) groups is 1. The first-order valence-corrected chi connectivity index (χ1v) is 12.2. The molecular weight excluding hydrogens is 440 g/mol. The summed E-state index contributed by atoms with van der Waals surface area (Å²) in [5.74, 6) is -0.0349. The summed E-state index contributed by atoms with van der Waals surface area (Å²) in [7, 11) is 0. The lowest BCUT2D eigenvalue weighted by molar-refractivity contribution is -0.00202. The van der Waals surface area contributed by atoms with Crippen LogP contribution in [0.1, 0.15) is 56.6 Å². The van der Waals surface area contributed by atoms with Crippen molar-refractivity contribution in [3.63, 3.8) is 0 Å². The van der Waals surface area contributed by atoms with Crippen LogP contribution in [0.2, 0.25) is 5.02 Å². The van der Waals surface area contributed by atoms with Gasteiger partial charge in [0.25, 0.3) is 5.91 Å². The van der Waals surface area contributed by atoms with E-state index in [-0.39, 0.29) is 11.3 Å². The number of thiophene rings is 1. The Morgan fingerprint density at radius 2 is 1.84 bits per heavy atom. The van der Waals surface area contributed by atoms with Gasteiger partial charge >= 0.3 is 0 Å². The zero-order valence-electron chi connectivity index (χ0n) is 19.0. The van der Waals surface area contributed by atoms with Crippen LogP contribution in [0.25, 0.3) is 21.6 Å². The molecule has 0 saturated carbocycles. The minimum atomic E-state index is -0.683. The molecule has 1 N–H and O–H groups in total. The highest BCUT2D eigenvalue weighted by Crippen LogP contribution is 2.37. The monoisotopic (exact) mass is 468 g/mol. The molecule has 168 valence electrons. The SMILES string of the molecule is CC1(O)CCN(C(=O)c2ccc(-c3cc(-c4ccnc(C(C)(C)C)c4)cs3)c(Cl)c2)CC1. The van der Waals surface area contributed by atoms with Crippen LogP contribution in [0.5, 0.6) is 0 Å². The summed E-state index contributed by atoms with van der Waals surface area (Å²) >= 11 is 8.26. The topological polar surface area (TPSA) is 53.4 Å². The van der Waals surface area contributed by atoms with E-state index in [1.54, 1.807) is 22.3 Å². The van der Waals surface area contributed by atoms with Gasteiger partial charge in [-0.3, -0.25) is 9.78 Å². The van der Waals surface area contributed by atoms with E-state index < -0.39 is 5.60 Å². The van der Waals surface area contributed by atoms with Crippen molar-refractivity contribution in [3.05, 3.63) is 64.3 Å². The second kappa shape index (κ2) is 8.62. The summed E-state index contributed by atoms with van der Waals surface area (Å²) in [4.78, 5) is 20.3. The van der Waals surface area contributed by atoms with Gasteiger partial charge in [0.05, 0.1) is 10.6 Å². The van der Waals surface area contributed by atoms with E-state index in [9.17, 15) is 9.90 Å². The predicted octanol–water partition coefficient (Wildman–Crippen LogP) is 6.42. The van der Waals surface area contributed by atoms with Crippen molar-refractivity contribution in [3.8, 4) is 21.6 Å². The van der Waals surface area contributed by atoms with Gasteiger partial charge in [0.15, 0.2) is 0 Å². The third-order valence-corrected chi connectivity index (χ3v) is 7.35. The highest BCUT2D eigenvalue weighted by atomic mass is 35.5. The average Bonchev–Trinajstić information content (AvgIpc) is 3.22. The number of carbonyl (C=O) groups excluding carboxylic acids is 1. The Kier molecular flexibility index (Phi) is 6.19. The third-order valence-electron chi connectivity index (χ3n) is 6.07. The van der Waals surface area contributed by atoms with E-state index in [1.807, 2.05) is 31.3 Å². The first-order chi connectivity index (χ1) is 15.0. The number of aromatic nitrogens is 1. The molecule has 1 fully saturated rings. The fourth-order valence-electron chi connectivity index (χ4n) is 3.87. The quantitative estimate of drug-likeness (QED) is 0.482. The van der Waals surface area contributed by atoms with Crippen LogP contribution in [0.3, 0.4) is 0 Å². The number of halogens is 1. The van der Waals surface area contributed by atoms with Gasteiger partial charge in [0.2, 0.25) is 0 Å². The maximum atomic E-state index is 12.9. The number of rotatable bonds is 3. The second-order valence-electron chi connectivity index (χ2n) is 9.86. The third kappa shape index (κ3) is 4.90. The van der Waals surface area contributed by atoms with Gasteiger partial charge in [-0.15, -0.1) is 11.3 Å². The zero-order valence-corrected chi connectivity index (χ0v) is 20.6. The number of aliphatic hydroxyl groups is 1. The molecule has 4 rings (SSSR count). The predicted molar refractivity (Wildman–Crippen MR) is 132 cm³/mol. The molecule has 1 aliphatic rings. The molecule has 0 spiro atoms. The summed E-state index contributed by atoms with van der Waals surface area (Å²) in [6, 6.07) is 11.8. The van der Waals surface area contributed by atoms with Gasteiger partial charge in [0, 0.05) is 46.4 Å². The van der Waals surface area contributed by atoms with Gasteiger partial charge in [-0.05, 0) is 66.6 Å². The molecule has 3 aromatic rings. The molecule has 6 heteroatoms. The maximum Gasteiger partial charge on any atom is 0.253 e. The van der Waals surface area contributed by atoms with Gasteiger partial charge in [-0.2, -0.15) is 0 Å². The van der Waals surface area contributed by atoms with Crippen molar-refractivity contribution in [2.45, 2.75) is 51.6 Å². The first kappa shape index (κ1) is 23.0. The van der Waals surface area contributed by atoms with E-state index in [1.165, 1.54) is 0 Å². The van der Waals surface area contributed by atoms with Crippen LogP contribution in [-0.2, 0) is 5.41 Å². The normalized spacial score (nSPS) is 16.2. The largest absolute Gasteiger partial charge is 0.390 e. The van der Waals surface area contributed by atoms with E-state index in [4.69, 9.17) is 11.6 Å². The number of amides is 1. The number of pyridine rings is 1. The Balaban J connectivity index is 1.55. The van der Waals surface area contributed by atoms with Gasteiger partial charge < -0.3 is 10.0 Å². The standard InChI is InChI=1S/C26H29ClN2O2S/c1-25(2,3)23-15-17(7-10-28-23)19-14-22(32-16-19)20-6-5-18(13-21(20)27)24(30)29-11-8-26(4,31)9-12-29/h5-7,10,13-16,31H,8-9,11-12H2,1-4H3. The number of benzene rings is 1. The molecule has 3 heterocycles. The Hall–Kier alpha value is -2.21. The Morgan fingerprint density at radius 1 is 1.12 bits per heavy atom. The number of piperidine rings is 1. The number of likely N-dealkylation sites (tertiary alicyclic amines) is 1. The Labute approximate surface area is 198 Å². The van der Waals surface area contributed by atoms with Crippen LogP contribution in [0.4, 0.5) is 0 Å². The summed E-state index contributed by atoms with van der Waals surface area (Å²) in [5, 5.41) is 12.8. The fourth-order valence-corrected chi connectivity index (χ4v) is 5.17. The highest BCUT2D eigenvalue weighted by molar-refractivity contribution is 7.14. The van der Waals surface area contributed by atoms with Crippen molar-refractivity contribution in [1.29, 1.82) is 0 Å². The van der Waals surface area contributed by atoms with Crippen molar-refractivity contribution in [2.24, 2.45) is 0 Å². The summed E-state index contributed by atoms with van der Waals surface area (Å²) in [6.45, 7) is 9.42. The minimum absolute atomic E-state index is 0.00923.